The van der Waals surface area contributed by atoms with Crippen LogP contribution < -0.4 is 15.4 Å². The van der Waals surface area contributed by atoms with Crippen LogP contribution in [-0.4, -0.2) is 42.1 Å². The van der Waals surface area contributed by atoms with Gasteiger partial charge in [-0.05, 0) is 85.0 Å². The molecule has 5 nitrogen and oxygen atoms in total. The Hall–Kier alpha value is -2.35. The third-order valence-electron chi connectivity index (χ3n) is 7.23. The van der Waals surface area contributed by atoms with E-state index in [4.69, 9.17) is 0 Å². The highest BCUT2D eigenvalue weighted by Crippen LogP contribution is 2.33. The first-order chi connectivity index (χ1) is 17.5. The predicted molar refractivity (Wildman–Crippen MR) is 150 cm³/mol. The maximum Gasteiger partial charge on any atom is 0.0775 e. The van der Waals surface area contributed by atoms with Crippen LogP contribution >= 0.6 is 11.9 Å². The summed E-state index contributed by atoms with van der Waals surface area (Å²) in [5.41, 5.74) is 4.81. The van der Waals surface area contributed by atoms with Crippen molar-refractivity contribution in [3.8, 4) is 0 Å². The van der Waals surface area contributed by atoms with E-state index in [9.17, 15) is 10.2 Å². The van der Waals surface area contributed by atoms with E-state index in [1.807, 2.05) is 37.4 Å². The van der Waals surface area contributed by atoms with Crippen LogP contribution in [0.1, 0.15) is 42.5 Å². The molecule has 0 bridgehead atoms. The Morgan fingerprint density at radius 2 is 1.69 bits per heavy atom. The van der Waals surface area contributed by atoms with Crippen molar-refractivity contribution in [3.05, 3.63) is 95.6 Å². The Morgan fingerprint density at radius 3 is 2.44 bits per heavy atom. The number of nitrogens with one attached hydrogen (secondary N) is 3. The lowest BCUT2D eigenvalue weighted by atomic mass is 9.87. The molecule has 5 N–H and O–H groups in total. The van der Waals surface area contributed by atoms with Crippen LogP contribution in [0.2, 0.25) is 0 Å². The molecule has 1 aliphatic carbocycles. The summed E-state index contributed by atoms with van der Waals surface area (Å²) in [5.74, 6) is 0.266. The molecular formula is C30H39N3O2S. The molecule has 0 fully saturated rings. The SMILES string of the molecule is CNc1ccc(SNCC(O)CC(CCc2ccccc2)C(C)NC2c3ccccc3CC2O)cc1. The summed E-state index contributed by atoms with van der Waals surface area (Å²) >= 11 is 1.55. The summed E-state index contributed by atoms with van der Waals surface area (Å²) in [4.78, 5) is 1.12. The van der Waals surface area contributed by atoms with Gasteiger partial charge < -0.3 is 20.8 Å². The Bertz CT molecular complexity index is 1060. The Labute approximate surface area is 219 Å². The zero-order valence-electron chi connectivity index (χ0n) is 21.2. The lowest BCUT2D eigenvalue weighted by molar-refractivity contribution is 0.109. The van der Waals surface area contributed by atoms with Gasteiger partial charge in [0.05, 0.1) is 18.2 Å². The molecule has 6 heteroatoms. The molecular weight excluding hydrogens is 466 g/mol. The molecule has 0 amide bonds. The van der Waals surface area contributed by atoms with E-state index in [2.05, 4.69) is 70.8 Å². The van der Waals surface area contributed by atoms with Gasteiger partial charge in [0.25, 0.3) is 0 Å². The second-order valence-corrected chi connectivity index (χ2v) is 10.8. The zero-order valence-corrected chi connectivity index (χ0v) is 22.0. The van der Waals surface area contributed by atoms with Crippen LogP contribution in [0, 0.1) is 5.92 Å². The first-order valence-electron chi connectivity index (χ1n) is 12.9. The van der Waals surface area contributed by atoms with Crippen LogP contribution in [-0.2, 0) is 12.8 Å². The van der Waals surface area contributed by atoms with Crippen molar-refractivity contribution in [2.45, 2.75) is 61.8 Å². The minimum atomic E-state index is -0.458. The number of aryl methyl sites for hydroxylation is 1. The van der Waals surface area contributed by atoms with Gasteiger partial charge >= 0.3 is 0 Å². The van der Waals surface area contributed by atoms with Gasteiger partial charge in [0.1, 0.15) is 0 Å². The summed E-state index contributed by atoms with van der Waals surface area (Å²) < 4.78 is 3.34. The maximum atomic E-state index is 10.9. The minimum Gasteiger partial charge on any atom is -0.392 e. The van der Waals surface area contributed by atoms with Crippen molar-refractivity contribution >= 4 is 17.6 Å². The number of aliphatic hydroxyl groups excluding tert-OH is 2. The molecule has 0 aromatic heterocycles. The average molecular weight is 506 g/mol. The number of anilines is 1. The summed E-state index contributed by atoms with van der Waals surface area (Å²) in [6.07, 6.45) is 2.44. The third kappa shape index (κ3) is 7.34. The molecule has 4 rings (SSSR count). The van der Waals surface area contributed by atoms with Gasteiger partial charge in [0.2, 0.25) is 0 Å². The Morgan fingerprint density at radius 1 is 0.972 bits per heavy atom. The highest BCUT2D eigenvalue weighted by molar-refractivity contribution is 7.97. The summed E-state index contributed by atoms with van der Waals surface area (Å²) in [5, 5.41) is 28.5. The van der Waals surface area contributed by atoms with E-state index < -0.39 is 12.2 Å². The molecule has 0 saturated carbocycles. The van der Waals surface area contributed by atoms with E-state index in [0.717, 1.165) is 23.4 Å². The standard InChI is InChI=1S/C30H39N3O2S/c1-21(33-30-28-11-7-6-10-24(28)19-29(30)35)23(13-12-22-8-4-3-5-9-22)18-26(34)20-32-36-27-16-14-25(31-2)15-17-27/h3-11,14-17,21,23,26,29-35H,12-13,18-20H2,1-2H3. The number of rotatable bonds is 13. The van der Waals surface area contributed by atoms with Crippen molar-refractivity contribution in [2.75, 3.05) is 18.9 Å². The second-order valence-electron chi connectivity index (χ2n) is 9.80. The van der Waals surface area contributed by atoms with Crippen LogP contribution in [0.5, 0.6) is 0 Å². The molecule has 0 spiro atoms. The van der Waals surface area contributed by atoms with Gasteiger partial charge in [-0.3, -0.25) is 4.72 Å². The lowest BCUT2D eigenvalue weighted by Gasteiger charge is -2.31. The van der Waals surface area contributed by atoms with E-state index in [0.29, 0.717) is 19.4 Å². The van der Waals surface area contributed by atoms with E-state index >= 15 is 0 Å². The molecule has 36 heavy (non-hydrogen) atoms. The number of fused-ring (bicyclic) bond motifs is 1. The molecule has 0 heterocycles. The maximum absolute atomic E-state index is 10.9. The number of aliphatic hydroxyl groups is 2. The molecule has 5 unspecified atom stereocenters. The number of hydrogen-bond donors (Lipinski definition) is 5. The molecule has 3 aromatic rings. The largest absolute Gasteiger partial charge is 0.392 e. The predicted octanol–water partition coefficient (Wildman–Crippen LogP) is 4.96. The third-order valence-corrected chi connectivity index (χ3v) is 8.05. The smallest absolute Gasteiger partial charge is 0.0775 e. The topological polar surface area (TPSA) is 76.5 Å². The van der Waals surface area contributed by atoms with Crippen molar-refractivity contribution in [1.29, 1.82) is 0 Å². The second kappa shape index (κ2) is 13.3. The minimum absolute atomic E-state index is 0.0677. The summed E-state index contributed by atoms with van der Waals surface area (Å²) in [6.45, 7) is 2.71. The summed E-state index contributed by atoms with van der Waals surface area (Å²) in [7, 11) is 1.91. The molecule has 0 aliphatic heterocycles. The van der Waals surface area contributed by atoms with Gasteiger partial charge in [0, 0.05) is 36.6 Å². The fraction of sp³-hybridized carbons (Fsp3) is 0.400. The molecule has 192 valence electrons. The monoisotopic (exact) mass is 505 g/mol. The molecule has 1 aliphatic rings. The van der Waals surface area contributed by atoms with Gasteiger partial charge in [-0.25, -0.2) is 0 Å². The van der Waals surface area contributed by atoms with Crippen molar-refractivity contribution in [3.63, 3.8) is 0 Å². The fourth-order valence-corrected chi connectivity index (χ4v) is 5.82. The Balaban J connectivity index is 1.35. The van der Waals surface area contributed by atoms with Crippen molar-refractivity contribution in [2.24, 2.45) is 5.92 Å². The molecule has 0 saturated heterocycles. The molecule has 3 aromatic carbocycles. The van der Waals surface area contributed by atoms with Crippen LogP contribution in [0.3, 0.4) is 0 Å². The van der Waals surface area contributed by atoms with Crippen molar-refractivity contribution < 1.29 is 10.2 Å². The van der Waals surface area contributed by atoms with Crippen LogP contribution in [0.15, 0.2) is 83.8 Å². The normalized spacial score (nSPS) is 19.4. The van der Waals surface area contributed by atoms with Gasteiger partial charge in [-0.15, -0.1) is 0 Å². The number of benzene rings is 3. The fourth-order valence-electron chi connectivity index (χ4n) is 5.11. The van der Waals surface area contributed by atoms with E-state index in [-0.39, 0.29) is 18.0 Å². The highest BCUT2D eigenvalue weighted by atomic mass is 32.2. The number of hydrogen-bond acceptors (Lipinski definition) is 6. The van der Waals surface area contributed by atoms with Crippen molar-refractivity contribution in [1.82, 2.24) is 10.0 Å². The quantitative estimate of drug-likeness (QED) is 0.211. The molecule has 0 radical (unpaired) electrons. The summed E-state index contributed by atoms with van der Waals surface area (Å²) in [6, 6.07) is 27.1. The first-order valence-corrected chi connectivity index (χ1v) is 13.8. The van der Waals surface area contributed by atoms with E-state index in [1.165, 1.54) is 16.7 Å². The van der Waals surface area contributed by atoms with Gasteiger partial charge in [0.15, 0.2) is 0 Å². The first kappa shape index (κ1) is 26.7. The van der Waals surface area contributed by atoms with Crippen LogP contribution in [0.25, 0.3) is 0 Å². The highest BCUT2D eigenvalue weighted by Gasteiger charge is 2.33. The zero-order chi connectivity index (χ0) is 25.3. The van der Waals surface area contributed by atoms with Crippen LogP contribution in [0.4, 0.5) is 5.69 Å². The lowest BCUT2D eigenvalue weighted by Crippen LogP contribution is -2.41. The molecule has 5 atom stereocenters. The average Bonchev–Trinajstić information content (AvgIpc) is 3.22. The Kier molecular flexibility index (Phi) is 9.84. The van der Waals surface area contributed by atoms with Gasteiger partial charge in [-0.2, -0.15) is 0 Å². The van der Waals surface area contributed by atoms with E-state index in [1.54, 1.807) is 11.9 Å². The van der Waals surface area contributed by atoms with Gasteiger partial charge in [-0.1, -0.05) is 54.6 Å².